The highest BCUT2D eigenvalue weighted by Crippen LogP contribution is 2.23. The van der Waals surface area contributed by atoms with Gasteiger partial charge in [-0.25, -0.2) is 0 Å². The second-order valence-corrected chi connectivity index (χ2v) is 5.70. The number of anilines is 1. The Balaban J connectivity index is 0.00000192. The van der Waals surface area contributed by atoms with Gasteiger partial charge in [-0.15, -0.1) is 17.5 Å². The minimum atomic E-state index is 0. The molecule has 0 spiro atoms. The van der Waals surface area contributed by atoms with E-state index in [2.05, 4.69) is 20.4 Å². The molecule has 6 nitrogen and oxygen atoms in total. The minimum absolute atomic E-state index is 0. The number of rotatable bonds is 5. The standard InChI is InChI=1S/C15H19ClN4O2.ClH/c1-17-10-14-18-19-15(22-14)20-8-6-13(7-9-20)21-12-4-2-11(16)3-5-12;/h2-5,13,17H,6-10H2,1H3;1H. The molecule has 23 heavy (non-hydrogen) atoms. The van der Waals surface area contributed by atoms with E-state index in [-0.39, 0.29) is 18.5 Å². The molecule has 8 heteroatoms. The number of nitrogens with one attached hydrogen (secondary N) is 1. The summed E-state index contributed by atoms with van der Waals surface area (Å²) in [6.45, 7) is 2.28. The number of halogens is 2. The predicted molar refractivity (Wildman–Crippen MR) is 91.6 cm³/mol. The highest BCUT2D eigenvalue weighted by molar-refractivity contribution is 6.30. The third-order valence-electron chi connectivity index (χ3n) is 3.61. The second-order valence-electron chi connectivity index (χ2n) is 5.27. The smallest absolute Gasteiger partial charge is 0.318 e. The van der Waals surface area contributed by atoms with Crippen LogP contribution in [0.3, 0.4) is 0 Å². The summed E-state index contributed by atoms with van der Waals surface area (Å²) in [5, 5.41) is 11.8. The molecule has 0 radical (unpaired) electrons. The van der Waals surface area contributed by atoms with Crippen LogP contribution in [0.1, 0.15) is 18.7 Å². The van der Waals surface area contributed by atoms with Gasteiger partial charge in [-0.3, -0.25) is 0 Å². The van der Waals surface area contributed by atoms with E-state index in [9.17, 15) is 0 Å². The Bertz CT molecular complexity index is 598. The molecule has 0 saturated carbocycles. The molecule has 1 fully saturated rings. The summed E-state index contributed by atoms with van der Waals surface area (Å²) in [6, 6.07) is 8.07. The molecule has 1 aromatic heterocycles. The van der Waals surface area contributed by atoms with E-state index in [1.165, 1.54) is 0 Å². The van der Waals surface area contributed by atoms with Crippen molar-refractivity contribution in [1.82, 2.24) is 15.5 Å². The molecule has 0 atom stereocenters. The lowest BCUT2D eigenvalue weighted by Gasteiger charge is -2.30. The average Bonchev–Trinajstić information content (AvgIpc) is 2.99. The summed E-state index contributed by atoms with van der Waals surface area (Å²) < 4.78 is 11.6. The van der Waals surface area contributed by atoms with E-state index in [1.54, 1.807) is 0 Å². The Hall–Kier alpha value is -1.50. The molecular weight excluding hydrogens is 339 g/mol. The minimum Gasteiger partial charge on any atom is -0.490 e. The molecule has 126 valence electrons. The Morgan fingerprint density at radius 1 is 1.26 bits per heavy atom. The third-order valence-corrected chi connectivity index (χ3v) is 3.87. The van der Waals surface area contributed by atoms with Gasteiger partial charge in [-0.2, -0.15) is 0 Å². The summed E-state index contributed by atoms with van der Waals surface area (Å²) in [7, 11) is 1.85. The van der Waals surface area contributed by atoms with Crippen LogP contribution in [-0.4, -0.2) is 36.4 Å². The molecule has 1 aromatic carbocycles. The number of benzene rings is 1. The van der Waals surface area contributed by atoms with Gasteiger partial charge in [0.2, 0.25) is 5.89 Å². The van der Waals surface area contributed by atoms with Gasteiger partial charge in [-0.1, -0.05) is 16.7 Å². The molecule has 1 aliphatic heterocycles. The molecule has 1 saturated heterocycles. The molecule has 1 N–H and O–H groups in total. The lowest BCUT2D eigenvalue weighted by Crippen LogP contribution is -2.38. The molecule has 0 aliphatic carbocycles. The van der Waals surface area contributed by atoms with Crippen LogP contribution in [0.25, 0.3) is 0 Å². The van der Waals surface area contributed by atoms with E-state index in [4.69, 9.17) is 20.8 Å². The van der Waals surface area contributed by atoms with Crippen LogP contribution < -0.4 is 15.0 Å². The molecular formula is C15H20Cl2N4O2. The Labute approximate surface area is 146 Å². The first-order valence-electron chi connectivity index (χ1n) is 7.39. The molecule has 0 amide bonds. The SMILES string of the molecule is CNCc1nnc(N2CCC(Oc3ccc(Cl)cc3)CC2)o1.Cl. The second kappa shape index (κ2) is 8.38. The zero-order chi connectivity index (χ0) is 15.4. The van der Waals surface area contributed by atoms with E-state index in [0.29, 0.717) is 18.5 Å². The van der Waals surface area contributed by atoms with Gasteiger partial charge in [0.1, 0.15) is 11.9 Å². The topological polar surface area (TPSA) is 63.4 Å². The summed E-state index contributed by atoms with van der Waals surface area (Å²) in [5.41, 5.74) is 0. The zero-order valence-electron chi connectivity index (χ0n) is 12.9. The maximum atomic E-state index is 5.98. The zero-order valence-corrected chi connectivity index (χ0v) is 14.4. The third kappa shape index (κ3) is 4.73. The van der Waals surface area contributed by atoms with Crippen LogP contribution >= 0.6 is 24.0 Å². The van der Waals surface area contributed by atoms with Gasteiger partial charge in [0.15, 0.2) is 0 Å². The number of ether oxygens (including phenoxy) is 1. The molecule has 0 bridgehead atoms. The maximum Gasteiger partial charge on any atom is 0.318 e. The predicted octanol–water partition coefficient (Wildman–Crippen LogP) is 2.91. The Morgan fingerprint density at radius 3 is 2.61 bits per heavy atom. The summed E-state index contributed by atoms with van der Waals surface area (Å²) in [5.74, 6) is 1.47. The van der Waals surface area contributed by atoms with E-state index in [1.807, 2.05) is 31.3 Å². The molecule has 1 aliphatic rings. The quantitative estimate of drug-likeness (QED) is 0.886. The van der Waals surface area contributed by atoms with E-state index < -0.39 is 0 Å². The summed E-state index contributed by atoms with van der Waals surface area (Å²) in [4.78, 5) is 2.11. The maximum absolute atomic E-state index is 5.98. The first-order chi connectivity index (χ1) is 10.7. The number of piperidine rings is 1. The highest BCUT2D eigenvalue weighted by atomic mass is 35.5. The Morgan fingerprint density at radius 2 is 1.96 bits per heavy atom. The fourth-order valence-corrected chi connectivity index (χ4v) is 2.59. The van der Waals surface area contributed by atoms with Crippen LogP contribution in [0.15, 0.2) is 28.7 Å². The summed E-state index contributed by atoms with van der Waals surface area (Å²) >= 11 is 5.88. The van der Waals surface area contributed by atoms with E-state index >= 15 is 0 Å². The number of hydrogen-bond acceptors (Lipinski definition) is 6. The number of hydrogen-bond donors (Lipinski definition) is 1. The molecule has 2 heterocycles. The van der Waals surface area contributed by atoms with Crippen LogP contribution in [0, 0.1) is 0 Å². The van der Waals surface area contributed by atoms with E-state index in [0.717, 1.165) is 36.7 Å². The van der Waals surface area contributed by atoms with Crippen molar-refractivity contribution in [3.05, 3.63) is 35.2 Å². The van der Waals surface area contributed by atoms with Crippen molar-refractivity contribution in [3.8, 4) is 5.75 Å². The first kappa shape index (κ1) is 17.8. The van der Waals surface area contributed by atoms with Crippen molar-refractivity contribution in [2.45, 2.75) is 25.5 Å². The van der Waals surface area contributed by atoms with Crippen LogP contribution in [0.5, 0.6) is 5.75 Å². The van der Waals surface area contributed by atoms with Crippen molar-refractivity contribution < 1.29 is 9.15 Å². The van der Waals surface area contributed by atoms with Crippen LogP contribution in [0.2, 0.25) is 5.02 Å². The van der Waals surface area contributed by atoms with Crippen molar-refractivity contribution in [2.75, 3.05) is 25.0 Å². The van der Waals surface area contributed by atoms with Gasteiger partial charge in [0, 0.05) is 31.0 Å². The summed E-state index contributed by atoms with van der Waals surface area (Å²) in [6.07, 6.45) is 2.05. The fourth-order valence-electron chi connectivity index (χ4n) is 2.47. The van der Waals surface area contributed by atoms with Crippen molar-refractivity contribution >= 4 is 30.0 Å². The van der Waals surface area contributed by atoms with Gasteiger partial charge in [0.05, 0.1) is 6.54 Å². The van der Waals surface area contributed by atoms with Crippen LogP contribution in [-0.2, 0) is 6.54 Å². The van der Waals surface area contributed by atoms with Crippen molar-refractivity contribution in [2.24, 2.45) is 0 Å². The van der Waals surface area contributed by atoms with Gasteiger partial charge in [0.25, 0.3) is 0 Å². The van der Waals surface area contributed by atoms with Crippen LogP contribution in [0.4, 0.5) is 6.01 Å². The fraction of sp³-hybridized carbons (Fsp3) is 0.467. The van der Waals surface area contributed by atoms with Gasteiger partial charge in [-0.05, 0) is 31.3 Å². The largest absolute Gasteiger partial charge is 0.490 e. The molecule has 0 unspecified atom stereocenters. The lowest BCUT2D eigenvalue weighted by molar-refractivity contribution is 0.169. The van der Waals surface area contributed by atoms with Gasteiger partial charge < -0.3 is 19.4 Å². The number of aromatic nitrogens is 2. The van der Waals surface area contributed by atoms with Crippen molar-refractivity contribution in [1.29, 1.82) is 0 Å². The lowest BCUT2D eigenvalue weighted by atomic mass is 10.1. The van der Waals surface area contributed by atoms with Crippen molar-refractivity contribution in [3.63, 3.8) is 0 Å². The first-order valence-corrected chi connectivity index (χ1v) is 7.76. The average molecular weight is 359 g/mol. The monoisotopic (exact) mass is 358 g/mol. The van der Waals surface area contributed by atoms with Gasteiger partial charge >= 0.3 is 6.01 Å². The highest BCUT2D eigenvalue weighted by Gasteiger charge is 2.24. The normalized spacial score (nSPS) is 15.3. The molecule has 2 aromatic rings. The Kier molecular flexibility index (Phi) is 6.50. The number of nitrogens with zero attached hydrogens (tertiary/aromatic N) is 3. The molecule has 3 rings (SSSR count).